The maximum atomic E-state index is 13.7. The highest BCUT2D eigenvalue weighted by Crippen LogP contribution is 2.55. The molecule has 0 N–H and O–H groups in total. The van der Waals surface area contributed by atoms with Gasteiger partial charge in [0.05, 0.1) is 13.5 Å². The fourth-order valence-corrected chi connectivity index (χ4v) is 9.15. The van der Waals surface area contributed by atoms with Crippen LogP contribution in [0.15, 0.2) is 115 Å². The summed E-state index contributed by atoms with van der Waals surface area (Å²) in [5, 5.41) is 3.12. The van der Waals surface area contributed by atoms with Crippen LogP contribution in [0, 0.1) is 0 Å². The first-order valence-corrected chi connectivity index (χ1v) is 15.2. The zero-order valence-corrected chi connectivity index (χ0v) is 25.2. The Morgan fingerprint density at radius 2 is 1.34 bits per heavy atom. The minimum absolute atomic E-state index is 0. The number of carbonyl (C=O) groups excluding carboxylic acids is 3. The average Bonchev–Trinajstić information content (AvgIpc) is 3.27. The van der Waals surface area contributed by atoms with Crippen molar-refractivity contribution in [2.45, 2.75) is 18.9 Å². The van der Waals surface area contributed by atoms with E-state index in [2.05, 4.69) is 0 Å². The first-order valence-electron chi connectivity index (χ1n) is 13.2. The quantitative estimate of drug-likeness (QED) is 0.148. The van der Waals surface area contributed by atoms with Crippen molar-refractivity contribution in [1.29, 1.82) is 0 Å². The van der Waals surface area contributed by atoms with Crippen molar-refractivity contribution in [3.63, 3.8) is 0 Å². The van der Waals surface area contributed by atoms with Gasteiger partial charge < -0.3 is 26.5 Å². The SMILES string of the molecule is COc1cccc(CCN2C(=O)C[C@H](OC(=O)C[P+](c3ccccc3)(c3ccccc3)c3ccccc3)C2=O)c1.[Br-]. The molecule has 5 rings (SSSR count). The highest BCUT2D eigenvalue weighted by atomic mass is 79.9. The summed E-state index contributed by atoms with van der Waals surface area (Å²) in [6, 6.07) is 37.5. The second kappa shape index (κ2) is 13.7. The number of rotatable bonds is 10. The number of halogens is 1. The highest BCUT2D eigenvalue weighted by molar-refractivity contribution is 7.96. The van der Waals surface area contributed by atoms with Gasteiger partial charge in [0.25, 0.3) is 5.91 Å². The van der Waals surface area contributed by atoms with E-state index in [1.807, 2.05) is 115 Å². The van der Waals surface area contributed by atoms with Crippen LogP contribution < -0.4 is 37.6 Å². The second-order valence-electron chi connectivity index (χ2n) is 9.64. The maximum Gasteiger partial charge on any atom is 0.345 e. The van der Waals surface area contributed by atoms with Crippen LogP contribution in [0.1, 0.15) is 12.0 Å². The summed E-state index contributed by atoms with van der Waals surface area (Å²) >= 11 is 0. The first kappa shape index (κ1) is 30.2. The molecule has 1 saturated heterocycles. The molecule has 0 aromatic heterocycles. The van der Waals surface area contributed by atoms with Gasteiger partial charge in [0.15, 0.2) is 12.3 Å². The van der Waals surface area contributed by atoms with E-state index in [4.69, 9.17) is 9.47 Å². The summed E-state index contributed by atoms with van der Waals surface area (Å²) in [5.41, 5.74) is 0.948. The van der Waals surface area contributed by atoms with Gasteiger partial charge in [-0.1, -0.05) is 66.7 Å². The van der Waals surface area contributed by atoms with Gasteiger partial charge in [-0.2, -0.15) is 0 Å². The zero-order chi connectivity index (χ0) is 28.0. The molecule has 4 aromatic carbocycles. The Morgan fingerprint density at radius 1 is 0.805 bits per heavy atom. The summed E-state index contributed by atoms with van der Waals surface area (Å²) < 4.78 is 11.1. The van der Waals surface area contributed by atoms with E-state index >= 15 is 0 Å². The predicted molar refractivity (Wildman–Crippen MR) is 158 cm³/mol. The molecule has 1 aliphatic rings. The van der Waals surface area contributed by atoms with Crippen LogP contribution in [0.2, 0.25) is 0 Å². The maximum absolute atomic E-state index is 13.7. The fraction of sp³-hybridized carbons (Fsp3) is 0.182. The molecule has 1 fully saturated rings. The van der Waals surface area contributed by atoms with Crippen LogP contribution in [0.5, 0.6) is 5.75 Å². The van der Waals surface area contributed by atoms with Crippen LogP contribution in [-0.4, -0.2) is 48.6 Å². The molecule has 6 nitrogen and oxygen atoms in total. The van der Waals surface area contributed by atoms with Crippen LogP contribution >= 0.6 is 7.26 Å². The molecule has 2 amide bonds. The lowest BCUT2D eigenvalue weighted by Gasteiger charge is -2.27. The third-order valence-corrected chi connectivity index (χ3v) is 11.5. The Labute approximate surface area is 251 Å². The molecule has 8 heteroatoms. The largest absolute Gasteiger partial charge is 1.00 e. The predicted octanol–water partition coefficient (Wildman–Crippen LogP) is 0.907. The van der Waals surface area contributed by atoms with Gasteiger partial charge in [0, 0.05) is 6.54 Å². The molecule has 1 heterocycles. The second-order valence-corrected chi connectivity index (χ2v) is 13.1. The smallest absolute Gasteiger partial charge is 0.345 e. The van der Waals surface area contributed by atoms with E-state index in [-0.39, 0.29) is 42.0 Å². The number of methoxy groups -OCH3 is 1. The molecule has 0 unspecified atom stereocenters. The number of likely N-dealkylation sites (tertiary alicyclic amines) is 1. The minimum atomic E-state index is -2.47. The van der Waals surface area contributed by atoms with Gasteiger partial charge in [-0.25, -0.2) is 4.79 Å². The lowest BCUT2D eigenvalue weighted by Crippen LogP contribution is -3.00. The summed E-state index contributed by atoms with van der Waals surface area (Å²) in [5.74, 6) is -0.582. The number of benzene rings is 4. The van der Waals surface area contributed by atoms with E-state index in [0.717, 1.165) is 21.5 Å². The van der Waals surface area contributed by atoms with Gasteiger partial charge in [0.2, 0.25) is 5.91 Å². The van der Waals surface area contributed by atoms with Crippen molar-refractivity contribution in [2.75, 3.05) is 19.8 Å². The normalized spacial score (nSPS) is 14.9. The molecular weight excluding hydrogens is 601 g/mol. The molecule has 0 saturated carbocycles. The van der Waals surface area contributed by atoms with Gasteiger partial charge in [-0.05, 0) is 60.5 Å². The van der Waals surface area contributed by atoms with Crippen LogP contribution in [0.3, 0.4) is 0 Å². The number of hydrogen-bond donors (Lipinski definition) is 0. The summed E-state index contributed by atoms with van der Waals surface area (Å²) in [6.07, 6.45) is -0.697. The van der Waals surface area contributed by atoms with E-state index < -0.39 is 25.2 Å². The Balaban J connectivity index is 0.00000387. The van der Waals surface area contributed by atoms with Crippen molar-refractivity contribution in [3.8, 4) is 5.75 Å². The molecule has 1 atom stereocenters. The van der Waals surface area contributed by atoms with E-state index in [9.17, 15) is 14.4 Å². The van der Waals surface area contributed by atoms with Gasteiger partial charge >= 0.3 is 5.97 Å². The van der Waals surface area contributed by atoms with Crippen molar-refractivity contribution in [1.82, 2.24) is 4.90 Å². The summed E-state index contributed by atoms with van der Waals surface area (Å²) in [7, 11) is -0.880. The van der Waals surface area contributed by atoms with Crippen molar-refractivity contribution in [3.05, 3.63) is 121 Å². The van der Waals surface area contributed by atoms with Crippen molar-refractivity contribution < 1.29 is 40.8 Å². The molecule has 1 aliphatic heterocycles. The van der Waals surface area contributed by atoms with Crippen molar-refractivity contribution >= 4 is 41.0 Å². The van der Waals surface area contributed by atoms with Crippen LogP contribution in [-0.2, 0) is 25.5 Å². The van der Waals surface area contributed by atoms with Crippen LogP contribution in [0.25, 0.3) is 0 Å². The zero-order valence-electron chi connectivity index (χ0n) is 22.7. The third kappa shape index (κ3) is 6.58. The topological polar surface area (TPSA) is 72.9 Å². The molecule has 210 valence electrons. The van der Waals surface area contributed by atoms with Gasteiger partial charge in [-0.3, -0.25) is 14.5 Å². The molecule has 0 spiro atoms. The third-order valence-electron chi connectivity index (χ3n) is 7.19. The van der Waals surface area contributed by atoms with E-state index in [0.29, 0.717) is 12.2 Å². The Kier molecular flexibility index (Phi) is 10.1. The standard InChI is InChI=1S/C33H31NO5P.BrH/c1-38-26-13-11-12-25(22-26)20-21-34-31(35)23-30(33(34)37)39-32(36)24-40(27-14-5-2-6-15-27,28-16-7-3-8-17-28)29-18-9-4-10-19-29;/h2-19,22,30H,20-21,23-24H2,1H3;1H/q+1;/p-1/t30-;/m0./s1. The summed E-state index contributed by atoms with van der Waals surface area (Å²) in [4.78, 5) is 40.8. The Hall–Kier alpha value is -3.80. The van der Waals surface area contributed by atoms with Gasteiger partial charge in [-0.15, -0.1) is 0 Å². The first-order chi connectivity index (χ1) is 19.5. The van der Waals surface area contributed by atoms with E-state index in [1.54, 1.807) is 7.11 Å². The molecular formula is C33H31BrNO5P. The number of esters is 1. The molecule has 0 radical (unpaired) electrons. The van der Waals surface area contributed by atoms with Crippen LogP contribution in [0.4, 0.5) is 0 Å². The van der Waals surface area contributed by atoms with Gasteiger partial charge in [0.1, 0.15) is 28.9 Å². The average molecular weight is 632 g/mol. The number of nitrogens with zero attached hydrogens (tertiary/aromatic N) is 1. The molecule has 0 aliphatic carbocycles. The minimum Gasteiger partial charge on any atom is -1.00 e. The number of hydrogen-bond acceptors (Lipinski definition) is 5. The highest BCUT2D eigenvalue weighted by Gasteiger charge is 2.49. The number of imide groups is 1. The lowest BCUT2D eigenvalue weighted by atomic mass is 10.1. The Morgan fingerprint density at radius 3 is 1.85 bits per heavy atom. The van der Waals surface area contributed by atoms with E-state index in [1.165, 1.54) is 4.90 Å². The molecule has 41 heavy (non-hydrogen) atoms. The molecule has 0 bridgehead atoms. The van der Waals surface area contributed by atoms with Crippen molar-refractivity contribution in [2.24, 2.45) is 0 Å². The number of ether oxygens (including phenoxy) is 2. The number of carbonyl (C=O) groups is 3. The monoisotopic (exact) mass is 631 g/mol. The number of amides is 2. The Bertz CT molecular complexity index is 1390. The molecule has 4 aromatic rings. The lowest BCUT2D eigenvalue weighted by molar-refractivity contribution is -0.154. The summed E-state index contributed by atoms with van der Waals surface area (Å²) in [6.45, 7) is 0.216. The fourth-order valence-electron chi connectivity index (χ4n) is 5.21.